The van der Waals surface area contributed by atoms with Crippen LogP contribution in [0.5, 0.6) is 0 Å². The van der Waals surface area contributed by atoms with Crippen molar-refractivity contribution in [3.8, 4) is 0 Å². The largest absolute Gasteiger partial charge is 0.367 e. The zero-order valence-corrected chi connectivity index (χ0v) is 10.3. The molecule has 1 amide bonds. The second-order valence-corrected chi connectivity index (χ2v) is 4.36. The van der Waals surface area contributed by atoms with Crippen LogP contribution in [-0.4, -0.2) is 27.4 Å². The van der Waals surface area contributed by atoms with Gasteiger partial charge in [0.05, 0.1) is 17.4 Å². The van der Waals surface area contributed by atoms with Gasteiger partial charge in [-0.1, -0.05) is 0 Å². The molecule has 0 unspecified atom stereocenters. The highest BCUT2D eigenvalue weighted by Gasteiger charge is 2.06. The van der Waals surface area contributed by atoms with E-state index in [1.807, 2.05) is 30.6 Å². The molecule has 0 bridgehead atoms. The summed E-state index contributed by atoms with van der Waals surface area (Å²) in [7, 11) is 0. The van der Waals surface area contributed by atoms with E-state index in [9.17, 15) is 4.79 Å². The van der Waals surface area contributed by atoms with Gasteiger partial charge in [-0.25, -0.2) is 4.98 Å². The molecule has 96 valence electrons. The number of fused-ring (bicyclic) bond motifs is 1. The Morgan fingerprint density at radius 3 is 3.11 bits per heavy atom. The highest BCUT2D eigenvalue weighted by Crippen LogP contribution is 2.11. The van der Waals surface area contributed by atoms with Gasteiger partial charge in [-0.3, -0.25) is 4.79 Å². The fourth-order valence-corrected chi connectivity index (χ4v) is 2.01. The molecule has 2 aromatic heterocycles. The van der Waals surface area contributed by atoms with E-state index in [1.165, 1.54) is 5.56 Å². The zero-order chi connectivity index (χ0) is 13.1. The van der Waals surface area contributed by atoms with Crippen LogP contribution in [-0.2, 0) is 6.42 Å². The molecule has 19 heavy (non-hydrogen) atoms. The number of nitrogens with one attached hydrogen (secondary N) is 3. The lowest BCUT2D eigenvalue weighted by molar-refractivity contribution is 0.0954. The van der Waals surface area contributed by atoms with Crippen molar-refractivity contribution in [2.45, 2.75) is 6.42 Å². The minimum Gasteiger partial charge on any atom is -0.367 e. The lowest BCUT2D eigenvalue weighted by Gasteiger charge is -2.04. The van der Waals surface area contributed by atoms with E-state index in [0.717, 1.165) is 17.5 Å². The molecule has 0 saturated heterocycles. The first-order valence-corrected chi connectivity index (χ1v) is 6.16. The maximum Gasteiger partial charge on any atom is 0.251 e. The molecule has 0 atom stereocenters. The summed E-state index contributed by atoms with van der Waals surface area (Å²) >= 11 is 0. The predicted octanol–water partition coefficient (Wildman–Crippen LogP) is 1.86. The molecule has 3 N–H and O–H groups in total. The third-order valence-electron chi connectivity index (χ3n) is 3.04. The maximum absolute atomic E-state index is 12.0. The van der Waals surface area contributed by atoms with E-state index in [-0.39, 0.29) is 5.91 Å². The first kappa shape index (κ1) is 11.5. The van der Waals surface area contributed by atoms with E-state index >= 15 is 0 Å². The zero-order valence-electron chi connectivity index (χ0n) is 10.3. The first-order chi connectivity index (χ1) is 9.33. The Kier molecular flexibility index (Phi) is 3.02. The standard InChI is InChI=1S/C14H14N4O/c19-14(16-6-4-10-3-5-15-8-10)11-1-2-12-13(7-11)18-9-17-12/h1-3,5,7-9,15H,4,6H2,(H,16,19)(H,17,18). The van der Waals surface area contributed by atoms with Crippen LogP contribution in [0.2, 0.25) is 0 Å². The minimum absolute atomic E-state index is 0.0629. The van der Waals surface area contributed by atoms with Crippen molar-refractivity contribution >= 4 is 16.9 Å². The quantitative estimate of drug-likeness (QED) is 0.665. The van der Waals surface area contributed by atoms with Crippen LogP contribution in [0, 0.1) is 0 Å². The van der Waals surface area contributed by atoms with E-state index in [0.29, 0.717) is 12.1 Å². The average molecular weight is 254 g/mol. The Labute approximate surface area is 110 Å². The number of nitrogens with zero attached hydrogens (tertiary/aromatic N) is 1. The Morgan fingerprint density at radius 2 is 2.26 bits per heavy atom. The molecule has 3 rings (SSSR count). The SMILES string of the molecule is O=C(NCCc1cc[nH]c1)c1ccc2nc[nH]c2c1. The van der Waals surface area contributed by atoms with Crippen molar-refractivity contribution in [2.24, 2.45) is 0 Å². The highest BCUT2D eigenvalue weighted by molar-refractivity contribution is 5.97. The second-order valence-electron chi connectivity index (χ2n) is 4.36. The van der Waals surface area contributed by atoms with Gasteiger partial charge >= 0.3 is 0 Å². The Hall–Kier alpha value is -2.56. The second kappa shape index (κ2) is 4.97. The van der Waals surface area contributed by atoms with Crippen molar-refractivity contribution in [2.75, 3.05) is 6.54 Å². The van der Waals surface area contributed by atoms with Crippen molar-refractivity contribution in [1.29, 1.82) is 0 Å². The van der Waals surface area contributed by atoms with Gasteiger partial charge in [0.1, 0.15) is 0 Å². The first-order valence-electron chi connectivity index (χ1n) is 6.16. The molecule has 5 nitrogen and oxygen atoms in total. The number of benzene rings is 1. The summed E-state index contributed by atoms with van der Waals surface area (Å²) in [5.41, 5.74) is 3.57. The van der Waals surface area contributed by atoms with E-state index in [2.05, 4.69) is 20.3 Å². The van der Waals surface area contributed by atoms with Crippen LogP contribution in [0.1, 0.15) is 15.9 Å². The third-order valence-corrected chi connectivity index (χ3v) is 3.04. The molecular weight excluding hydrogens is 240 g/mol. The summed E-state index contributed by atoms with van der Waals surface area (Å²) in [6.07, 6.45) is 6.26. The number of amides is 1. The number of hydrogen-bond donors (Lipinski definition) is 3. The van der Waals surface area contributed by atoms with Crippen molar-refractivity contribution < 1.29 is 4.79 Å². The van der Waals surface area contributed by atoms with Crippen LogP contribution >= 0.6 is 0 Å². The summed E-state index contributed by atoms with van der Waals surface area (Å²) < 4.78 is 0. The van der Waals surface area contributed by atoms with Gasteiger partial charge in [-0.05, 0) is 36.2 Å². The normalized spacial score (nSPS) is 10.7. The van der Waals surface area contributed by atoms with Gasteiger partial charge in [0, 0.05) is 24.5 Å². The van der Waals surface area contributed by atoms with Gasteiger partial charge in [0.25, 0.3) is 5.91 Å². The molecule has 1 aromatic carbocycles. The number of carbonyl (C=O) groups is 1. The molecule has 0 aliphatic rings. The Bertz CT molecular complexity index is 684. The number of rotatable bonds is 4. The molecule has 0 radical (unpaired) electrons. The molecule has 3 aromatic rings. The van der Waals surface area contributed by atoms with Gasteiger partial charge in [-0.15, -0.1) is 0 Å². The topological polar surface area (TPSA) is 73.6 Å². The monoisotopic (exact) mass is 254 g/mol. The smallest absolute Gasteiger partial charge is 0.251 e. The maximum atomic E-state index is 12.0. The Balaban J connectivity index is 1.63. The van der Waals surface area contributed by atoms with Crippen LogP contribution in [0.4, 0.5) is 0 Å². The molecule has 5 heteroatoms. The average Bonchev–Trinajstić information content (AvgIpc) is 3.08. The van der Waals surface area contributed by atoms with Gasteiger partial charge in [-0.2, -0.15) is 0 Å². The summed E-state index contributed by atoms with van der Waals surface area (Å²) in [6, 6.07) is 7.44. The van der Waals surface area contributed by atoms with Crippen LogP contribution < -0.4 is 5.32 Å². The van der Waals surface area contributed by atoms with Gasteiger partial charge < -0.3 is 15.3 Å². The van der Waals surface area contributed by atoms with Crippen LogP contribution in [0.3, 0.4) is 0 Å². The molecular formula is C14H14N4O. The number of hydrogen-bond acceptors (Lipinski definition) is 2. The van der Waals surface area contributed by atoms with Crippen molar-refractivity contribution in [1.82, 2.24) is 20.3 Å². The minimum atomic E-state index is -0.0629. The summed E-state index contributed by atoms with van der Waals surface area (Å²) in [4.78, 5) is 22.1. The number of imidazole rings is 1. The van der Waals surface area contributed by atoms with Gasteiger partial charge in [0.2, 0.25) is 0 Å². The summed E-state index contributed by atoms with van der Waals surface area (Å²) in [5, 5.41) is 2.91. The van der Waals surface area contributed by atoms with E-state index < -0.39 is 0 Å². The van der Waals surface area contributed by atoms with E-state index in [1.54, 1.807) is 12.4 Å². The molecule has 0 saturated carbocycles. The molecule has 0 aliphatic carbocycles. The Morgan fingerprint density at radius 1 is 1.32 bits per heavy atom. The van der Waals surface area contributed by atoms with E-state index in [4.69, 9.17) is 0 Å². The number of carbonyl (C=O) groups excluding carboxylic acids is 1. The molecule has 2 heterocycles. The lowest BCUT2D eigenvalue weighted by atomic mass is 10.2. The third kappa shape index (κ3) is 2.49. The van der Waals surface area contributed by atoms with Crippen molar-refractivity contribution in [3.05, 3.63) is 54.1 Å². The summed E-state index contributed by atoms with van der Waals surface area (Å²) in [5.74, 6) is -0.0629. The van der Waals surface area contributed by atoms with Crippen LogP contribution in [0.25, 0.3) is 11.0 Å². The number of H-pyrrole nitrogens is 2. The highest BCUT2D eigenvalue weighted by atomic mass is 16.1. The fourth-order valence-electron chi connectivity index (χ4n) is 2.01. The number of aromatic nitrogens is 3. The molecule has 0 fully saturated rings. The lowest BCUT2D eigenvalue weighted by Crippen LogP contribution is -2.25. The van der Waals surface area contributed by atoms with Gasteiger partial charge in [0.15, 0.2) is 0 Å². The fraction of sp³-hybridized carbons (Fsp3) is 0.143. The molecule has 0 aliphatic heterocycles. The van der Waals surface area contributed by atoms with Crippen molar-refractivity contribution in [3.63, 3.8) is 0 Å². The van der Waals surface area contributed by atoms with Crippen LogP contribution in [0.15, 0.2) is 43.0 Å². The molecule has 0 spiro atoms. The predicted molar refractivity (Wildman–Crippen MR) is 72.9 cm³/mol. The summed E-state index contributed by atoms with van der Waals surface area (Å²) in [6.45, 7) is 0.623. The number of aromatic amines is 2.